The molecule has 1 aromatic rings. The summed E-state index contributed by atoms with van der Waals surface area (Å²) < 4.78 is 5.01. The van der Waals surface area contributed by atoms with E-state index in [1.54, 1.807) is 22.8 Å². The predicted molar refractivity (Wildman–Crippen MR) is 102 cm³/mol. The first kappa shape index (κ1) is 19.4. The normalized spacial score (nSPS) is 20.5. The molecule has 8 heteroatoms. The van der Waals surface area contributed by atoms with E-state index >= 15 is 0 Å². The van der Waals surface area contributed by atoms with E-state index in [1.807, 2.05) is 6.07 Å². The van der Waals surface area contributed by atoms with Crippen LogP contribution in [-0.4, -0.2) is 77.4 Å². The van der Waals surface area contributed by atoms with E-state index in [-0.39, 0.29) is 12.0 Å². The minimum atomic E-state index is -0.319. The number of hydrogen-bond acceptors (Lipinski definition) is 6. The standard InChI is InChI=1S/C19H29N5O3/c1-3-15-7-5-6-10-24(15)17-9-8-16(20-21-17)18(25)22-11-13-23(14-12-22)19(26)27-4-2/h8-9,15H,3-7,10-14H2,1-2H3. The fourth-order valence-corrected chi connectivity index (χ4v) is 3.79. The molecule has 148 valence electrons. The van der Waals surface area contributed by atoms with Crippen LogP contribution in [0.25, 0.3) is 0 Å². The van der Waals surface area contributed by atoms with Crippen molar-refractivity contribution >= 4 is 17.8 Å². The molecule has 8 nitrogen and oxygen atoms in total. The molecule has 0 saturated carbocycles. The number of carbonyl (C=O) groups is 2. The molecule has 0 aromatic carbocycles. The summed E-state index contributed by atoms with van der Waals surface area (Å²) in [6, 6.07) is 4.18. The van der Waals surface area contributed by atoms with Crippen LogP contribution in [-0.2, 0) is 4.74 Å². The van der Waals surface area contributed by atoms with Crippen molar-refractivity contribution in [3.05, 3.63) is 17.8 Å². The maximum Gasteiger partial charge on any atom is 0.409 e. The molecule has 2 fully saturated rings. The number of anilines is 1. The third-order valence-corrected chi connectivity index (χ3v) is 5.36. The van der Waals surface area contributed by atoms with E-state index in [9.17, 15) is 9.59 Å². The first-order valence-electron chi connectivity index (χ1n) is 9.95. The van der Waals surface area contributed by atoms with Gasteiger partial charge in [0.25, 0.3) is 5.91 Å². The van der Waals surface area contributed by atoms with Crippen LogP contribution < -0.4 is 4.90 Å². The van der Waals surface area contributed by atoms with Crippen LogP contribution in [0.3, 0.4) is 0 Å². The maximum atomic E-state index is 12.7. The average Bonchev–Trinajstić information content (AvgIpc) is 2.73. The minimum Gasteiger partial charge on any atom is -0.450 e. The molecule has 3 rings (SSSR count). The summed E-state index contributed by atoms with van der Waals surface area (Å²) in [7, 11) is 0. The molecule has 1 unspecified atom stereocenters. The van der Waals surface area contributed by atoms with E-state index < -0.39 is 0 Å². The monoisotopic (exact) mass is 375 g/mol. The summed E-state index contributed by atoms with van der Waals surface area (Å²) in [4.78, 5) is 30.1. The lowest BCUT2D eigenvalue weighted by atomic mass is 10.0. The summed E-state index contributed by atoms with van der Waals surface area (Å²) >= 11 is 0. The van der Waals surface area contributed by atoms with Crippen LogP contribution in [0, 0.1) is 0 Å². The van der Waals surface area contributed by atoms with Gasteiger partial charge in [-0.15, -0.1) is 10.2 Å². The SMILES string of the molecule is CCOC(=O)N1CCN(C(=O)c2ccc(N3CCCCC3CC)nn2)CC1. The maximum absolute atomic E-state index is 12.7. The highest BCUT2D eigenvalue weighted by Gasteiger charge is 2.27. The van der Waals surface area contributed by atoms with Gasteiger partial charge in [0.15, 0.2) is 11.5 Å². The Kier molecular flexibility index (Phi) is 6.47. The number of aromatic nitrogens is 2. The molecule has 0 aliphatic carbocycles. The second kappa shape index (κ2) is 9.01. The molecule has 1 atom stereocenters. The van der Waals surface area contributed by atoms with E-state index in [2.05, 4.69) is 22.0 Å². The second-order valence-corrected chi connectivity index (χ2v) is 7.01. The molecule has 2 aliphatic heterocycles. The lowest BCUT2D eigenvalue weighted by molar-refractivity contribution is 0.0565. The molecular weight excluding hydrogens is 346 g/mol. The molecular formula is C19H29N5O3. The number of carbonyl (C=O) groups excluding carboxylic acids is 2. The van der Waals surface area contributed by atoms with Crippen LogP contribution in [0.5, 0.6) is 0 Å². The van der Waals surface area contributed by atoms with Crippen molar-refractivity contribution in [2.24, 2.45) is 0 Å². The number of hydrogen-bond donors (Lipinski definition) is 0. The van der Waals surface area contributed by atoms with Gasteiger partial charge in [-0.3, -0.25) is 4.79 Å². The third-order valence-electron chi connectivity index (χ3n) is 5.36. The quantitative estimate of drug-likeness (QED) is 0.802. The minimum absolute atomic E-state index is 0.136. The number of amides is 2. The summed E-state index contributed by atoms with van der Waals surface area (Å²) in [6.07, 6.45) is 4.39. The Labute approximate surface area is 160 Å². The predicted octanol–water partition coefficient (Wildman–Crippen LogP) is 2.16. The van der Waals surface area contributed by atoms with Crippen molar-refractivity contribution in [1.29, 1.82) is 0 Å². The largest absolute Gasteiger partial charge is 0.450 e. The summed E-state index contributed by atoms with van der Waals surface area (Å²) in [5.74, 6) is 0.716. The van der Waals surface area contributed by atoms with Crippen molar-refractivity contribution in [3.8, 4) is 0 Å². The molecule has 3 heterocycles. The van der Waals surface area contributed by atoms with Crippen molar-refractivity contribution in [3.63, 3.8) is 0 Å². The van der Waals surface area contributed by atoms with Crippen LogP contribution in [0.4, 0.5) is 10.6 Å². The molecule has 1 aromatic heterocycles. The molecule has 27 heavy (non-hydrogen) atoms. The van der Waals surface area contributed by atoms with Crippen molar-refractivity contribution < 1.29 is 14.3 Å². The number of rotatable bonds is 4. The molecule has 2 amide bonds. The fourth-order valence-electron chi connectivity index (χ4n) is 3.79. The lowest BCUT2D eigenvalue weighted by Gasteiger charge is -2.36. The Morgan fingerprint density at radius 3 is 2.41 bits per heavy atom. The van der Waals surface area contributed by atoms with Gasteiger partial charge < -0.3 is 19.4 Å². The molecule has 0 bridgehead atoms. The van der Waals surface area contributed by atoms with Crippen molar-refractivity contribution in [2.75, 3.05) is 44.2 Å². The first-order chi connectivity index (χ1) is 13.1. The Hall–Kier alpha value is -2.38. The van der Waals surface area contributed by atoms with Gasteiger partial charge in [0, 0.05) is 38.8 Å². The lowest BCUT2D eigenvalue weighted by Crippen LogP contribution is -2.50. The van der Waals surface area contributed by atoms with Crippen molar-refractivity contribution in [1.82, 2.24) is 20.0 Å². The Morgan fingerprint density at radius 1 is 1.04 bits per heavy atom. The van der Waals surface area contributed by atoms with Crippen LogP contribution in [0.15, 0.2) is 12.1 Å². The van der Waals surface area contributed by atoms with Crippen LogP contribution in [0.2, 0.25) is 0 Å². The Bertz CT molecular complexity index is 643. The van der Waals surface area contributed by atoms with Gasteiger partial charge in [0.05, 0.1) is 6.61 Å². The number of ether oxygens (including phenoxy) is 1. The molecule has 0 spiro atoms. The number of piperidine rings is 1. The van der Waals surface area contributed by atoms with Gasteiger partial charge in [-0.05, 0) is 44.7 Å². The van der Waals surface area contributed by atoms with Gasteiger partial charge in [0.2, 0.25) is 0 Å². The van der Waals surface area contributed by atoms with E-state index in [4.69, 9.17) is 4.74 Å². The third kappa shape index (κ3) is 4.48. The van der Waals surface area contributed by atoms with Crippen molar-refractivity contribution in [2.45, 2.75) is 45.6 Å². The van der Waals surface area contributed by atoms with E-state index in [0.29, 0.717) is 44.5 Å². The Morgan fingerprint density at radius 2 is 1.78 bits per heavy atom. The highest BCUT2D eigenvalue weighted by molar-refractivity contribution is 5.92. The summed E-state index contributed by atoms with van der Waals surface area (Å²) in [5, 5.41) is 8.52. The van der Waals surface area contributed by atoms with E-state index in [0.717, 1.165) is 18.8 Å². The van der Waals surface area contributed by atoms with Crippen LogP contribution in [0.1, 0.15) is 50.0 Å². The summed E-state index contributed by atoms with van der Waals surface area (Å²) in [6.45, 7) is 7.24. The van der Waals surface area contributed by atoms with E-state index in [1.165, 1.54) is 19.3 Å². The topological polar surface area (TPSA) is 78.9 Å². The smallest absolute Gasteiger partial charge is 0.409 e. The average molecular weight is 375 g/mol. The highest BCUT2D eigenvalue weighted by atomic mass is 16.6. The van der Waals surface area contributed by atoms with Gasteiger partial charge in [0.1, 0.15) is 0 Å². The zero-order chi connectivity index (χ0) is 19.2. The van der Waals surface area contributed by atoms with Gasteiger partial charge in [-0.25, -0.2) is 4.79 Å². The highest BCUT2D eigenvalue weighted by Crippen LogP contribution is 2.24. The van der Waals surface area contributed by atoms with Crippen LogP contribution >= 0.6 is 0 Å². The summed E-state index contributed by atoms with van der Waals surface area (Å²) in [5.41, 5.74) is 0.355. The first-order valence-corrected chi connectivity index (χ1v) is 9.95. The second-order valence-electron chi connectivity index (χ2n) is 7.01. The Balaban J connectivity index is 1.59. The molecule has 2 saturated heterocycles. The molecule has 0 radical (unpaired) electrons. The molecule has 2 aliphatic rings. The number of nitrogens with zero attached hydrogens (tertiary/aromatic N) is 5. The zero-order valence-electron chi connectivity index (χ0n) is 16.3. The van der Waals surface area contributed by atoms with Gasteiger partial charge >= 0.3 is 6.09 Å². The van der Waals surface area contributed by atoms with Gasteiger partial charge in [-0.1, -0.05) is 6.92 Å². The fraction of sp³-hybridized carbons (Fsp3) is 0.684. The molecule has 0 N–H and O–H groups in total. The van der Waals surface area contributed by atoms with Gasteiger partial charge in [-0.2, -0.15) is 0 Å². The zero-order valence-corrected chi connectivity index (χ0v) is 16.3. The number of piperazine rings is 1.